The van der Waals surface area contributed by atoms with Gasteiger partial charge in [0.25, 0.3) is 0 Å². The molecule has 0 aliphatic heterocycles. The third-order valence-electron chi connectivity index (χ3n) is 2.01. The Hall–Kier alpha value is -1.51. The van der Waals surface area contributed by atoms with Crippen LogP contribution >= 0.6 is 0 Å². The third-order valence-corrected chi connectivity index (χ3v) is 2.01. The van der Waals surface area contributed by atoms with Gasteiger partial charge in [-0.05, 0) is 31.2 Å². The van der Waals surface area contributed by atoms with Crippen molar-refractivity contribution in [3.8, 4) is 5.75 Å². The minimum absolute atomic E-state index is 0.290. The molecule has 76 valence electrons. The minimum Gasteiger partial charge on any atom is -0.427 e. The highest BCUT2D eigenvalue weighted by molar-refractivity contribution is 5.69. The van der Waals surface area contributed by atoms with Crippen LogP contribution in [-0.2, 0) is 4.79 Å². The maximum atomic E-state index is 10.7. The maximum Gasteiger partial charge on any atom is 0.308 e. The average Bonchev–Trinajstić information content (AvgIpc) is 2.17. The van der Waals surface area contributed by atoms with Crippen LogP contribution in [0.5, 0.6) is 5.75 Å². The van der Waals surface area contributed by atoms with Gasteiger partial charge in [0.05, 0.1) is 0 Å². The molecule has 0 unspecified atom stereocenters. The molecule has 0 aliphatic rings. The van der Waals surface area contributed by atoms with Crippen LogP contribution in [0.4, 0.5) is 5.69 Å². The van der Waals surface area contributed by atoms with Gasteiger partial charge in [0.15, 0.2) is 0 Å². The predicted octanol–water partition coefficient (Wildman–Crippen LogP) is 2.07. The van der Waals surface area contributed by atoms with E-state index < -0.39 is 0 Å². The van der Waals surface area contributed by atoms with Crippen LogP contribution in [0.15, 0.2) is 24.3 Å². The molecule has 0 N–H and O–H groups in total. The second-order valence-corrected chi connectivity index (χ2v) is 3.10. The van der Waals surface area contributed by atoms with E-state index in [4.69, 9.17) is 4.74 Å². The first-order chi connectivity index (χ1) is 6.63. The molecule has 3 heteroatoms. The number of hydrogen-bond donors (Lipinski definition) is 0. The fraction of sp³-hybridized carbons (Fsp3) is 0.364. The number of carbonyl (C=O) groups excluding carboxylic acids is 1. The predicted molar refractivity (Wildman–Crippen MR) is 56.7 cm³/mol. The molecule has 0 saturated heterocycles. The van der Waals surface area contributed by atoms with Crippen LogP contribution in [0, 0.1) is 0 Å². The van der Waals surface area contributed by atoms with Gasteiger partial charge in [0.1, 0.15) is 5.75 Å². The van der Waals surface area contributed by atoms with Crippen molar-refractivity contribution in [1.82, 2.24) is 0 Å². The average molecular weight is 193 g/mol. The Morgan fingerprint density at radius 2 is 1.93 bits per heavy atom. The molecule has 1 rings (SSSR count). The van der Waals surface area contributed by atoms with Crippen molar-refractivity contribution in [3.63, 3.8) is 0 Å². The first-order valence-electron chi connectivity index (χ1n) is 4.63. The standard InChI is InChI=1S/C11H15NO2/c1-4-12(3)10-5-7-11(8-6-10)14-9(2)13/h5-8H,4H2,1-3H3. The smallest absolute Gasteiger partial charge is 0.308 e. The molecule has 0 aliphatic carbocycles. The lowest BCUT2D eigenvalue weighted by atomic mass is 10.3. The molecule has 1 aromatic rings. The minimum atomic E-state index is -0.290. The SMILES string of the molecule is CCN(C)c1ccc(OC(C)=O)cc1. The van der Waals surface area contributed by atoms with E-state index in [1.165, 1.54) is 6.92 Å². The molecular formula is C11H15NO2. The van der Waals surface area contributed by atoms with Crippen molar-refractivity contribution in [2.75, 3.05) is 18.5 Å². The molecule has 0 amide bonds. The number of nitrogens with zero attached hydrogens (tertiary/aromatic N) is 1. The Morgan fingerprint density at radius 3 is 2.36 bits per heavy atom. The quantitative estimate of drug-likeness (QED) is 0.543. The molecule has 1 aromatic carbocycles. The summed E-state index contributed by atoms with van der Waals surface area (Å²) in [4.78, 5) is 12.8. The Bertz CT molecular complexity index is 306. The molecule has 0 spiro atoms. The van der Waals surface area contributed by atoms with Crippen molar-refractivity contribution < 1.29 is 9.53 Å². The van der Waals surface area contributed by atoms with Gasteiger partial charge in [-0.2, -0.15) is 0 Å². The number of rotatable bonds is 3. The fourth-order valence-corrected chi connectivity index (χ4v) is 1.12. The first-order valence-corrected chi connectivity index (χ1v) is 4.63. The lowest BCUT2D eigenvalue weighted by molar-refractivity contribution is -0.131. The number of hydrogen-bond acceptors (Lipinski definition) is 3. The molecule has 0 bridgehead atoms. The number of benzene rings is 1. The summed E-state index contributed by atoms with van der Waals surface area (Å²) in [6.45, 7) is 4.43. The van der Waals surface area contributed by atoms with Crippen LogP contribution in [0.3, 0.4) is 0 Å². The first kappa shape index (κ1) is 10.6. The topological polar surface area (TPSA) is 29.5 Å². The highest BCUT2D eigenvalue weighted by atomic mass is 16.5. The number of esters is 1. The van der Waals surface area contributed by atoms with E-state index in [-0.39, 0.29) is 5.97 Å². The lowest BCUT2D eigenvalue weighted by Crippen LogP contribution is -2.15. The van der Waals surface area contributed by atoms with Crippen LogP contribution in [0.25, 0.3) is 0 Å². The number of carbonyl (C=O) groups is 1. The van der Waals surface area contributed by atoms with Crippen molar-refractivity contribution in [3.05, 3.63) is 24.3 Å². The molecule has 0 saturated carbocycles. The monoisotopic (exact) mass is 193 g/mol. The Morgan fingerprint density at radius 1 is 1.36 bits per heavy atom. The van der Waals surface area contributed by atoms with Crippen molar-refractivity contribution in [2.24, 2.45) is 0 Å². The Kier molecular flexibility index (Phi) is 3.51. The lowest BCUT2D eigenvalue weighted by Gasteiger charge is -2.16. The van der Waals surface area contributed by atoms with Gasteiger partial charge < -0.3 is 9.64 Å². The highest BCUT2D eigenvalue weighted by Gasteiger charge is 2.00. The summed E-state index contributed by atoms with van der Waals surface area (Å²) >= 11 is 0. The van der Waals surface area contributed by atoms with Crippen LogP contribution in [-0.4, -0.2) is 19.6 Å². The van der Waals surface area contributed by atoms with E-state index in [1.54, 1.807) is 12.1 Å². The molecule has 0 heterocycles. The molecule has 3 nitrogen and oxygen atoms in total. The van der Waals surface area contributed by atoms with E-state index in [0.29, 0.717) is 5.75 Å². The van der Waals surface area contributed by atoms with Crippen molar-refractivity contribution in [2.45, 2.75) is 13.8 Å². The summed E-state index contributed by atoms with van der Waals surface area (Å²) in [6.07, 6.45) is 0. The Labute approximate surface area is 84.3 Å². The molecule has 0 aromatic heterocycles. The van der Waals surface area contributed by atoms with Crippen LogP contribution in [0.2, 0.25) is 0 Å². The molecule has 0 fully saturated rings. The zero-order valence-corrected chi connectivity index (χ0v) is 8.78. The van der Waals surface area contributed by atoms with E-state index in [1.807, 2.05) is 19.2 Å². The van der Waals surface area contributed by atoms with Crippen LogP contribution < -0.4 is 9.64 Å². The van der Waals surface area contributed by atoms with Gasteiger partial charge in [-0.25, -0.2) is 0 Å². The zero-order valence-electron chi connectivity index (χ0n) is 8.78. The number of ether oxygens (including phenoxy) is 1. The normalized spacial score (nSPS) is 9.64. The second-order valence-electron chi connectivity index (χ2n) is 3.10. The van der Waals surface area contributed by atoms with E-state index >= 15 is 0 Å². The zero-order chi connectivity index (χ0) is 10.6. The molecule has 0 radical (unpaired) electrons. The summed E-state index contributed by atoms with van der Waals surface area (Å²) in [5, 5.41) is 0. The van der Waals surface area contributed by atoms with E-state index in [2.05, 4.69) is 11.8 Å². The summed E-state index contributed by atoms with van der Waals surface area (Å²) in [5.74, 6) is 0.298. The molecule has 0 atom stereocenters. The van der Waals surface area contributed by atoms with E-state index in [0.717, 1.165) is 12.2 Å². The molecular weight excluding hydrogens is 178 g/mol. The fourth-order valence-electron chi connectivity index (χ4n) is 1.12. The van der Waals surface area contributed by atoms with Gasteiger partial charge in [0, 0.05) is 26.2 Å². The summed E-state index contributed by atoms with van der Waals surface area (Å²) in [5.41, 5.74) is 1.11. The van der Waals surface area contributed by atoms with Crippen LogP contribution in [0.1, 0.15) is 13.8 Å². The van der Waals surface area contributed by atoms with E-state index in [9.17, 15) is 4.79 Å². The number of anilines is 1. The highest BCUT2D eigenvalue weighted by Crippen LogP contribution is 2.18. The van der Waals surface area contributed by atoms with Gasteiger partial charge in [-0.15, -0.1) is 0 Å². The summed E-state index contributed by atoms with van der Waals surface area (Å²) in [7, 11) is 2.01. The van der Waals surface area contributed by atoms with Gasteiger partial charge in [0.2, 0.25) is 0 Å². The summed E-state index contributed by atoms with van der Waals surface area (Å²) < 4.78 is 4.93. The van der Waals surface area contributed by atoms with Gasteiger partial charge in [-0.1, -0.05) is 0 Å². The van der Waals surface area contributed by atoms with Crippen molar-refractivity contribution in [1.29, 1.82) is 0 Å². The second kappa shape index (κ2) is 4.65. The van der Waals surface area contributed by atoms with Gasteiger partial charge >= 0.3 is 5.97 Å². The maximum absolute atomic E-state index is 10.7. The Balaban J connectivity index is 2.73. The summed E-state index contributed by atoms with van der Waals surface area (Å²) in [6, 6.07) is 7.45. The third kappa shape index (κ3) is 2.76. The largest absolute Gasteiger partial charge is 0.427 e. The van der Waals surface area contributed by atoms with Crippen molar-refractivity contribution >= 4 is 11.7 Å². The molecule has 14 heavy (non-hydrogen) atoms. The van der Waals surface area contributed by atoms with Gasteiger partial charge in [-0.3, -0.25) is 4.79 Å².